The lowest BCUT2D eigenvalue weighted by molar-refractivity contribution is 0.0288. The molecular weight excluding hydrogens is 503 g/mol. The molecule has 0 spiro atoms. The zero-order valence-electron chi connectivity index (χ0n) is 21.2. The maximum absolute atomic E-state index is 12.5. The first-order chi connectivity index (χ1) is 17.0. The minimum Gasteiger partial charge on any atom is -0.495 e. The summed E-state index contributed by atoms with van der Waals surface area (Å²) in [4.78, 5) is 23.4. The minimum atomic E-state index is -0.531. The predicted molar refractivity (Wildman–Crippen MR) is 142 cm³/mol. The van der Waals surface area contributed by atoms with Crippen LogP contribution in [0, 0.1) is 5.92 Å². The van der Waals surface area contributed by atoms with Crippen LogP contribution in [0.25, 0.3) is 22.0 Å². The minimum absolute atomic E-state index is 0.0103. The van der Waals surface area contributed by atoms with Crippen LogP contribution >= 0.6 is 23.2 Å². The van der Waals surface area contributed by atoms with E-state index in [1.165, 1.54) is 0 Å². The molecular formula is C26H30Cl2N4O4. The lowest BCUT2D eigenvalue weighted by Gasteiger charge is -2.24. The Morgan fingerprint density at radius 2 is 1.75 bits per heavy atom. The Bertz CT molecular complexity index is 1270. The first-order valence-electron chi connectivity index (χ1n) is 11.6. The average Bonchev–Trinajstić information content (AvgIpc) is 3.18. The van der Waals surface area contributed by atoms with Gasteiger partial charge in [0.2, 0.25) is 5.95 Å². The molecule has 0 aliphatic carbocycles. The Balaban J connectivity index is 1.56. The van der Waals surface area contributed by atoms with E-state index in [1.54, 1.807) is 31.4 Å². The lowest BCUT2D eigenvalue weighted by Crippen LogP contribution is -2.36. The standard InChI is InChI=1S/C26H30Cl2N4O4/c1-14-12-32(25(33)36-26(2,3)4)13-18(14)31-24-29-11-16-9-15(7-8-17(16)30-24)21-22(27)19(34-5)10-20(35-6)23(21)28/h7-11,14,18H,12-13H2,1-6H3,(H,29,30,31)/t14-,18-/m1/s1. The number of amides is 1. The number of carbonyl (C=O) groups excluding carboxylic acids is 1. The SMILES string of the molecule is COc1cc(OC)c(Cl)c(-c2ccc3nc(N[C@@H]4CN(C(=O)OC(C)(C)C)C[C@H]4C)ncc3c2)c1Cl. The van der Waals surface area contributed by atoms with Gasteiger partial charge < -0.3 is 24.4 Å². The van der Waals surface area contributed by atoms with Gasteiger partial charge in [-0.3, -0.25) is 0 Å². The van der Waals surface area contributed by atoms with Gasteiger partial charge in [0, 0.05) is 36.3 Å². The molecule has 36 heavy (non-hydrogen) atoms. The molecule has 1 amide bonds. The van der Waals surface area contributed by atoms with Crippen molar-refractivity contribution in [3.05, 3.63) is 40.5 Å². The molecule has 2 heterocycles. The van der Waals surface area contributed by atoms with Crippen LogP contribution in [-0.2, 0) is 4.74 Å². The van der Waals surface area contributed by atoms with Crippen molar-refractivity contribution in [1.29, 1.82) is 0 Å². The third kappa shape index (κ3) is 5.39. The van der Waals surface area contributed by atoms with Gasteiger partial charge in [0.15, 0.2) is 0 Å². The normalized spacial score (nSPS) is 17.8. The summed E-state index contributed by atoms with van der Waals surface area (Å²) in [6.07, 6.45) is 1.44. The molecule has 1 aliphatic rings. The molecule has 1 aliphatic heterocycles. The number of nitrogens with zero attached hydrogens (tertiary/aromatic N) is 3. The molecule has 2 atom stereocenters. The first-order valence-corrected chi connectivity index (χ1v) is 12.4. The molecule has 1 aromatic heterocycles. The number of halogens is 2. The quantitative estimate of drug-likeness (QED) is 0.413. The van der Waals surface area contributed by atoms with Crippen LogP contribution in [0.2, 0.25) is 10.0 Å². The number of anilines is 1. The summed E-state index contributed by atoms with van der Waals surface area (Å²) in [7, 11) is 3.08. The molecule has 10 heteroatoms. The Labute approximate surface area is 220 Å². The molecule has 1 N–H and O–H groups in total. The summed E-state index contributed by atoms with van der Waals surface area (Å²) in [5.41, 5.74) is 1.63. The highest BCUT2D eigenvalue weighted by Gasteiger charge is 2.35. The van der Waals surface area contributed by atoms with Crippen molar-refractivity contribution < 1.29 is 19.0 Å². The Morgan fingerprint density at radius 1 is 1.08 bits per heavy atom. The van der Waals surface area contributed by atoms with E-state index in [-0.39, 0.29) is 18.1 Å². The van der Waals surface area contributed by atoms with Gasteiger partial charge in [-0.05, 0) is 44.4 Å². The fourth-order valence-electron chi connectivity index (χ4n) is 4.19. The van der Waals surface area contributed by atoms with E-state index in [4.69, 9.17) is 37.4 Å². The maximum Gasteiger partial charge on any atom is 0.410 e. The van der Waals surface area contributed by atoms with Gasteiger partial charge in [0.05, 0.1) is 35.8 Å². The fraction of sp³-hybridized carbons (Fsp3) is 0.423. The highest BCUT2D eigenvalue weighted by Crippen LogP contribution is 2.46. The zero-order valence-corrected chi connectivity index (χ0v) is 22.7. The third-order valence-corrected chi connectivity index (χ3v) is 6.77. The number of rotatable bonds is 5. The number of methoxy groups -OCH3 is 2. The smallest absolute Gasteiger partial charge is 0.410 e. The van der Waals surface area contributed by atoms with Crippen LogP contribution in [0.3, 0.4) is 0 Å². The molecule has 1 fully saturated rings. The zero-order chi connectivity index (χ0) is 26.2. The number of benzene rings is 2. The second-order valence-electron chi connectivity index (χ2n) is 9.86. The molecule has 192 valence electrons. The third-order valence-electron chi connectivity index (χ3n) is 6.02. The lowest BCUT2D eigenvalue weighted by atomic mass is 10.0. The molecule has 0 radical (unpaired) electrons. The van der Waals surface area contributed by atoms with Gasteiger partial charge >= 0.3 is 6.09 Å². The Morgan fingerprint density at radius 3 is 2.36 bits per heavy atom. The van der Waals surface area contributed by atoms with E-state index < -0.39 is 5.60 Å². The number of carbonyl (C=O) groups is 1. The molecule has 3 aromatic rings. The van der Waals surface area contributed by atoms with Crippen molar-refractivity contribution in [1.82, 2.24) is 14.9 Å². The summed E-state index contributed by atoms with van der Waals surface area (Å²) in [6.45, 7) is 8.80. The maximum atomic E-state index is 12.5. The van der Waals surface area contributed by atoms with Crippen LogP contribution in [0.4, 0.5) is 10.7 Å². The van der Waals surface area contributed by atoms with E-state index in [0.29, 0.717) is 46.1 Å². The van der Waals surface area contributed by atoms with Crippen molar-refractivity contribution in [2.24, 2.45) is 5.92 Å². The highest BCUT2D eigenvalue weighted by molar-refractivity contribution is 6.41. The monoisotopic (exact) mass is 532 g/mol. The Hall–Kier alpha value is -2.97. The fourth-order valence-corrected chi connectivity index (χ4v) is 4.91. The molecule has 8 nitrogen and oxygen atoms in total. The van der Waals surface area contributed by atoms with E-state index in [9.17, 15) is 4.79 Å². The molecule has 1 saturated heterocycles. The van der Waals surface area contributed by atoms with Crippen LogP contribution < -0.4 is 14.8 Å². The van der Waals surface area contributed by atoms with Gasteiger partial charge in [0.25, 0.3) is 0 Å². The van der Waals surface area contributed by atoms with Crippen molar-refractivity contribution in [2.75, 3.05) is 32.6 Å². The number of hydrogen-bond acceptors (Lipinski definition) is 7. The largest absolute Gasteiger partial charge is 0.495 e. The van der Waals surface area contributed by atoms with Crippen LogP contribution in [0.5, 0.6) is 11.5 Å². The number of ether oxygens (including phenoxy) is 3. The van der Waals surface area contributed by atoms with Gasteiger partial charge in [-0.15, -0.1) is 0 Å². The van der Waals surface area contributed by atoms with Crippen LogP contribution in [0.15, 0.2) is 30.5 Å². The second-order valence-corrected chi connectivity index (χ2v) is 10.6. The number of hydrogen-bond donors (Lipinski definition) is 1. The predicted octanol–water partition coefficient (Wildman–Crippen LogP) is 6.29. The van der Waals surface area contributed by atoms with Gasteiger partial charge in [-0.2, -0.15) is 0 Å². The van der Waals surface area contributed by atoms with E-state index >= 15 is 0 Å². The van der Waals surface area contributed by atoms with Gasteiger partial charge in [0.1, 0.15) is 17.1 Å². The highest BCUT2D eigenvalue weighted by atomic mass is 35.5. The molecule has 2 aromatic carbocycles. The van der Waals surface area contributed by atoms with E-state index in [2.05, 4.69) is 22.2 Å². The molecule has 0 unspecified atom stereocenters. The summed E-state index contributed by atoms with van der Waals surface area (Å²) in [6, 6.07) is 7.38. The summed E-state index contributed by atoms with van der Waals surface area (Å²) in [5, 5.41) is 4.99. The Kier molecular flexibility index (Phi) is 7.38. The molecule has 0 bridgehead atoms. The number of fused-ring (bicyclic) bond motifs is 1. The van der Waals surface area contributed by atoms with Crippen molar-refractivity contribution in [2.45, 2.75) is 39.3 Å². The summed E-state index contributed by atoms with van der Waals surface area (Å²) >= 11 is 13.2. The summed E-state index contributed by atoms with van der Waals surface area (Å²) < 4.78 is 16.3. The number of aromatic nitrogens is 2. The molecule has 0 saturated carbocycles. The van der Waals surface area contributed by atoms with E-state index in [1.807, 2.05) is 39.0 Å². The number of likely N-dealkylation sites (tertiary alicyclic amines) is 1. The van der Waals surface area contributed by atoms with Gasteiger partial charge in [-0.25, -0.2) is 14.8 Å². The number of nitrogens with one attached hydrogen (secondary N) is 1. The average molecular weight is 533 g/mol. The van der Waals surface area contributed by atoms with Crippen LogP contribution in [0.1, 0.15) is 27.7 Å². The van der Waals surface area contributed by atoms with Gasteiger partial charge in [-0.1, -0.05) is 36.2 Å². The second kappa shape index (κ2) is 10.2. The molecule has 4 rings (SSSR count). The van der Waals surface area contributed by atoms with Crippen molar-refractivity contribution >= 4 is 46.1 Å². The van der Waals surface area contributed by atoms with Crippen LogP contribution in [-0.4, -0.2) is 59.9 Å². The van der Waals surface area contributed by atoms with Crippen molar-refractivity contribution in [3.63, 3.8) is 0 Å². The topological polar surface area (TPSA) is 85.8 Å². The first kappa shape index (κ1) is 26.1. The van der Waals surface area contributed by atoms with Crippen molar-refractivity contribution in [3.8, 4) is 22.6 Å². The summed E-state index contributed by atoms with van der Waals surface area (Å²) in [5.74, 6) is 1.65. The van der Waals surface area contributed by atoms with E-state index in [0.717, 1.165) is 16.5 Å².